The summed E-state index contributed by atoms with van der Waals surface area (Å²) in [4.78, 5) is 14.8. The number of nitrogens with zero attached hydrogens (tertiary/aromatic N) is 1. The quantitative estimate of drug-likeness (QED) is 0.592. The van der Waals surface area contributed by atoms with Crippen molar-refractivity contribution < 1.29 is 9.53 Å². The second kappa shape index (κ2) is 8.01. The molecule has 4 heteroatoms. The summed E-state index contributed by atoms with van der Waals surface area (Å²) in [7, 11) is 0. The Morgan fingerprint density at radius 2 is 2.18 bits per heavy atom. The van der Waals surface area contributed by atoms with Crippen molar-refractivity contribution in [2.75, 3.05) is 13.2 Å². The average Bonchev–Trinajstić information content (AvgIpc) is 2.56. The van der Waals surface area contributed by atoms with Crippen LogP contribution in [-0.4, -0.2) is 36.1 Å². The van der Waals surface area contributed by atoms with Crippen LogP contribution in [0.2, 0.25) is 0 Å². The number of ether oxygens (including phenoxy) is 1. The van der Waals surface area contributed by atoms with Crippen molar-refractivity contribution in [3.63, 3.8) is 0 Å². The smallest absolute Gasteiger partial charge is 0.139 e. The summed E-state index contributed by atoms with van der Waals surface area (Å²) in [6.45, 7) is 5.21. The van der Waals surface area contributed by atoms with Crippen LogP contribution in [-0.2, 0) is 9.53 Å². The van der Waals surface area contributed by atoms with Gasteiger partial charge in [-0.3, -0.25) is 4.98 Å². The Morgan fingerprint density at radius 1 is 1.41 bits per heavy atom. The van der Waals surface area contributed by atoms with E-state index in [0.29, 0.717) is 6.61 Å². The zero-order valence-electron chi connectivity index (χ0n) is 13.3. The molecule has 0 bridgehead atoms. The second-order valence-electron chi connectivity index (χ2n) is 6.02. The lowest BCUT2D eigenvalue weighted by Crippen LogP contribution is -2.41. The topological polar surface area (TPSA) is 51.2 Å². The largest absolute Gasteiger partial charge is 0.374 e. The van der Waals surface area contributed by atoms with Gasteiger partial charge in [0, 0.05) is 19.0 Å². The number of aldehydes is 1. The van der Waals surface area contributed by atoms with E-state index in [2.05, 4.69) is 28.5 Å². The molecule has 0 saturated heterocycles. The molecule has 0 unspecified atom stereocenters. The third-order valence-electron chi connectivity index (χ3n) is 3.60. The molecular weight excluding hydrogens is 276 g/mol. The van der Waals surface area contributed by atoms with Gasteiger partial charge in [-0.2, -0.15) is 0 Å². The lowest BCUT2D eigenvalue weighted by atomic mass is 9.99. The molecule has 4 nitrogen and oxygen atoms in total. The monoisotopic (exact) mass is 300 g/mol. The van der Waals surface area contributed by atoms with Gasteiger partial charge in [-0.25, -0.2) is 0 Å². The number of carbonyl (C=O) groups is 1. The summed E-state index contributed by atoms with van der Waals surface area (Å²) in [6.07, 6.45) is 12.9. The molecule has 1 N–H and O–H groups in total. The van der Waals surface area contributed by atoms with Gasteiger partial charge < -0.3 is 14.8 Å². The molecule has 2 rings (SSSR count). The van der Waals surface area contributed by atoms with Gasteiger partial charge in [-0.1, -0.05) is 18.2 Å². The van der Waals surface area contributed by atoms with Crippen LogP contribution in [0.5, 0.6) is 0 Å². The minimum atomic E-state index is -0.451. The number of pyridine rings is 1. The molecule has 22 heavy (non-hydrogen) atoms. The van der Waals surface area contributed by atoms with E-state index in [0.717, 1.165) is 25.7 Å². The molecule has 0 fully saturated rings. The molecule has 1 heterocycles. The fourth-order valence-corrected chi connectivity index (χ4v) is 2.24. The normalized spacial score (nSPS) is 18.1. The van der Waals surface area contributed by atoms with E-state index in [1.807, 2.05) is 26.0 Å². The van der Waals surface area contributed by atoms with E-state index in [1.165, 1.54) is 11.1 Å². The lowest BCUT2D eigenvalue weighted by molar-refractivity contribution is -0.112. The van der Waals surface area contributed by atoms with Crippen molar-refractivity contribution >= 4 is 11.9 Å². The molecule has 0 aliphatic heterocycles. The summed E-state index contributed by atoms with van der Waals surface area (Å²) in [5.41, 5.74) is 1.95. The summed E-state index contributed by atoms with van der Waals surface area (Å²) in [5.74, 6) is 0. The molecule has 0 spiro atoms. The molecule has 0 amide bonds. The van der Waals surface area contributed by atoms with Crippen LogP contribution in [0.4, 0.5) is 0 Å². The molecular formula is C18H24N2O2. The molecule has 1 aromatic rings. The Hall–Kier alpha value is -1.78. The van der Waals surface area contributed by atoms with Crippen LogP contribution in [0, 0.1) is 0 Å². The molecule has 0 radical (unpaired) electrons. The third-order valence-corrected chi connectivity index (χ3v) is 3.60. The molecule has 1 atom stereocenters. The van der Waals surface area contributed by atoms with E-state index in [-0.39, 0.29) is 6.10 Å². The fraction of sp³-hybridized carbons (Fsp3) is 0.444. The van der Waals surface area contributed by atoms with Crippen LogP contribution < -0.4 is 5.32 Å². The maximum absolute atomic E-state index is 10.8. The number of allylic oxidation sites excluding steroid dienone is 2. The summed E-state index contributed by atoms with van der Waals surface area (Å²) >= 11 is 0. The first-order chi connectivity index (χ1) is 10.6. The molecule has 118 valence electrons. The Labute approximate surface area is 132 Å². The standard InChI is InChI=1S/C18H24N2O2/c1-18(2,14-21)20-10-3-13-22-17-6-4-15(5-7-17)16-8-11-19-12-9-16/h4-6,8-9,11-12,14,17,20H,3,7,10,13H2,1-2H3/t17-/m0/s1. The van der Waals surface area contributed by atoms with Crippen LogP contribution in [0.25, 0.3) is 5.57 Å². The first kappa shape index (κ1) is 16.6. The number of aromatic nitrogens is 1. The maximum Gasteiger partial charge on any atom is 0.139 e. The average molecular weight is 300 g/mol. The zero-order valence-corrected chi connectivity index (χ0v) is 13.3. The molecule has 1 aliphatic carbocycles. The highest BCUT2D eigenvalue weighted by molar-refractivity contribution is 5.74. The van der Waals surface area contributed by atoms with E-state index in [9.17, 15) is 4.79 Å². The van der Waals surface area contributed by atoms with Gasteiger partial charge in [0.15, 0.2) is 0 Å². The van der Waals surface area contributed by atoms with Crippen molar-refractivity contribution in [1.82, 2.24) is 10.3 Å². The number of hydrogen-bond donors (Lipinski definition) is 1. The molecule has 1 aliphatic rings. The number of carbonyl (C=O) groups excluding carboxylic acids is 1. The fourth-order valence-electron chi connectivity index (χ4n) is 2.24. The van der Waals surface area contributed by atoms with Gasteiger partial charge in [-0.15, -0.1) is 0 Å². The van der Waals surface area contributed by atoms with E-state index in [4.69, 9.17) is 4.74 Å². The molecule has 0 aromatic carbocycles. The molecule has 1 aromatic heterocycles. The first-order valence-electron chi connectivity index (χ1n) is 7.72. The van der Waals surface area contributed by atoms with Crippen LogP contribution in [0.1, 0.15) is 32.3 Å². The van der Waals surface area contributed by atoms with E-state index < -0.39 is 5.54 Å². The minimum absolute atomic E-state index is 0.143. The van der Waals surface area contributed by atoms with Gasteiger partial charge in [0.2, 0.25) is 0 Å². The highest BCUT2D eigenvalue weighted by atomic mass is 16.5. The van der Waals surface area contributed by atoms with Gasteiger partial charge >= 0.3 is 0 Å². The number of nitrogens with one attached hydrogen (secondary N) is 1. The zero-order chi connectivity index (χ0) is 15.8. The lowest BCUT2D eigenvalue weighted by Gasteiger charge is -2.20. The Kier molecular flexibility index (Phi) is 6.04. The Bertz CT molecular complexity index is 535. The van der Waals surface area contributed by atoms with E-state index >= 15 is 0 Å². The van der Waals surface area contributed by atoms with Gasteiger partial charge in [0.25, 0.3) is 0 Å². The van der Waals surface area contributed by atoms with Crippen LogP contribution in [0.3, 0.4) is 0 Å². The highest BCUT2D eigenvalue weighted by Gasteiger charge is 2.14. The van der Waals surface area contributed by atoms with Crippen molar-refractivity contribution in [2.45, 2.75) is 38.3 Å². The molecule has 0 saturated carbocycles. The van der Waals surface area contributed by atoms with Crippen molar-refractivity contribution in [1.29, 1.82) is 0 Å². The maximum atomic E-state index is 10.8. The third kappa shape index (κ3) is 5.20. The highest BCUT2D eigenvalue weighted by Crippen LogP contribution is 2.22. The summed E-state index contributed by atoms with van der Waals surface area (Å²) in [5, 5.41) is 3.19. The van der Waals surface area contributed by atoms with Crippen LogP contribution in [0.15, 0.2) is 42.8 Å². The van der Waals surface area contributed by atoms with Crippen LogP contribution >= 0.6 is 0 Å². The number of hydrogen-bond acceptors (Lipinski definition) is 4. The Balaban J connectivity index is 1.67. The van der Waals surface area contributed by atoms with Crippen molar-refractivity contribution in [2.24, 2.45) is 0 Å². The number of rotatable bonds is 8. The predicted molar refractivity (Wildman–Crippen MR) is 88.5 cm³/mol. The van der Waals surface area contributed by atoms with Gasteiger partial charge in [-0.05, 0) is 56.5 Å². The van der Waals surface area contributed by atoms with Gasteiger partial charge in [0.1, 0.15) is 6.29 Å². The first-order valence-corrected chi connectivity index (χ1v) is 7.72. The van der Waals surface area contributed by atoms with E-state index in [1.54, 1.807) is 12.4 Å². The van der Waals surface area contributed by atoms with Crippen molar-refractivity contribution in [3.05, 3.63) is 48.3 Å². The van der Waals surface area contributed by atoms with Crippen molar-refractivity contribution in [3.8, 4) is 0 Å². The SMILES string of the molecule is CC(C)(C=O)NCCCO[C@H]1C=CC(c2ccncc2)=CC1. The predicted octanol–water partition coefficient (Wildman–Crippen LogP) is 2.77. The second-order valence-corrected chi connectivity index (χ2v) is 6.02. The minimum Gasteiger partial charge on any atom is -0.374 e. The summed E-state index contributed by atoms with van der Waals surface area (Å²) < 4.78 is 5.84. The summed E-state index contributed by atoms with van der Waals surface area (Å²) in [6, 6.07) is 4.02. The Morgan fingerprint density at radius 3 is 2.82 bits per heavy atom. The van der Waals surface area contributed by atoms with Gasteiger partial charge in [0.05, 0.1) is 11.6 Å².